The van der Waals surface area contributed by atoms with E-state index < -0.39 is 0 Å². The summed E-state index contributed by atoms with van der Waals surface area (Å²) in [6, 6.07) is 0.627. The van der Waals surface area contributed by atoms with Crippen LogP contribution in [0.1, 0.15) is 25.7 Å². The fourth-order valence-electron chi connectivity index (χ4n) is 2.36. The largest absolute Gasteiger partial charge is 0.341 e. The quantitative estimate of drug-likeness (QED) is 0.627. The molecule has 0 N–H and O–H groups in total. The van der Waals surface area contributed by atoms with Crippen molar-refractivity contribution in [1.29, 1.82) is 0 Å². The van der Waals surface area contributed by atoms with Gasteiger partial charge in [-0.3, -0.25) is 4.79 Å². The summed E-state index contributed by atoms with van der Waals surface area (Å²) in [5, 5.41) is 0. The van der Waals surface area contributed by atoms with Crippen molar-refractivity contribution in [1.82, 2.24) is 9.80 Å². The first kappa shape index (κ1) is 9.00. The van der Waals surface area contributed by atoms with Crippen LogP contribution in [0.25, 0.3) is 0 Å². The fourth-order valence-corrected chi connectivity index (χ4v) is 2.36. The first-order chi connectivity index (χ1) is 6.27. The van der Waals surface area contributed by atoms with Crippen molar-refractivity contribution in [2.24, 2.45) is 0 Å². The van der Waals surface area contributed by atoms with Crippen molar-refractivity contribution < 1.29 is 4.79 Å². The SMILES string of the molecule is CN1CCCC1CN1CCCC1=O. The van der Waals surface area contributed by atoms with Gasteiger partial charge in [0.05, 0.1) is 0 Å². The smallest absolute Gasteiger partial charge is 0.222 e. The van der Waals surface area contributed by atoms with Crippen LogP contribution in [0.5, 0.6) is 0 Å². The summed E-state index contributed by atoms with van der Waals surface area (Å²) >= 11 is 0. The lowest BCUT2D eigenvalue weighted by molar-refractivity contribution is -0.128. The molecule has 2 aliphatic rings. The molecule has 2 rings (SSSR count). The van der Waals surface area contributed by atoms with Crippen LogP contribution in [0.4, 0.5) is 0 Å². The number of carbonyl (C=O) groups is 1. The minimum atomic E-state index is 0.361. The third-order valence-corrected chi connectivity index (χ3v) is 3.27. The number of nitrogens with zero attached hydrogens (tertiary/aromatic N) is 2. The lowest BCUT2D eigenvalue weighted by Crippen LogP contribution is -2.39. The van der Waals surface area contributed by atoms with Crippen LogP contribution < -0.4 is 0 Å². The van der Waals surface area contributed by atoms with Gasteiger partial charge in [-0.2, -0.15) is 0 Å². The lowest BCUT2D eigenvalue weighted by Gasteiger charge is -2.25. The minimum absolute atomic E-state index is 0.361. The molecule has 0 aliphatic carbocycles. The average Bonchev–Trinajstić information content (AvgIpc) is 2.65. The van der Waals surface area contributed by atoms with E-state index in [1.54, 1.807) is 0 Å². The number of rotatable bonds is 2. The molecule has 13 heavy (non-hydrogen) atoms. The van der Waals surface area contributed by atoms with Crippen molar-refractivity contribution >= 4 is 5.91 Å². The molecule has 0 saturated carbocycles. The van der Waals surface area contributed by atoms with E-state index in [4.69, 9.17) is 0 Å². The molecule has 0 aromatic rings. The third-order valence-electron chi connectivity index (χ3n) is 3.27. The average molecular weight is 182 g/mol. The van der Waals surface area contributed by atoms with E-state index in [9.17, 15) is 4.79 Å². The van der Waals surface area contributed by atoms with Gasteiger partial charge in [0.25, 0.3) is 0 Å². The highest BCUT2D eigenvalue weighted by atomic mass is 16.2. The number of hydrogen-bond acceptors (Lipinski definition) is 2. The Morgan fingerprint density at radius 2 is 2.23 bits per heavy atom. The Labute approximate surface area is 79.7 Å². The Morgan fingerprint density at radius 1 is 1.38 bits per heavy atom. The second-order valence-corrected chi connectivity index (χ2v) is 4.22. The molecule has 2 heterocycles. The van der Waals surface area contributed by atoms with Gasteiger partial charge in [0.15, 0.2) is 0 Å². The maximum atomic E-state index is 11.4. The maximum absolute atomic E-state index is 11.4. The number of amides is 1. The molecule has 0 radical (unpaired) electrons. The first-order valence-corrected chi connectivity index (χ1v) is 5.25. The summed E-state index contributed by atoms with van der Waals surface area (Å²) in [4.78, 5) is 15.8. The van der Waals surface area contributed by atoms with Gasteiger partial charge in [0.1, 0.15) is 0 Å². The Morgan fingerprint density at radius 3 is 2.77 bits per heavy atom. The van der Waals surface area contributed by atoms with Gasteiger partial charge in [0, 0.05) is 25.6 Å². The molecule has 2 aliphatic heterocycles. The van der Waals surface area contributed by atoms with E-state index in [-0.39, 0.29) is 0 Å². The van der Waals surface area contributed by atoms with Gasteiger partial charge in [-0.25, -0.2) is 0 Å². The molecule has 2 fully saturated rings. The predicted octanol–water partition coefficient (Wildman–Crippen LogP) is 0.703. The zero-order chi connectivity index (χ0) is 9.26. The zero-order valence-electron chi connectivity index (χ0n) is 8.33. The number of carbonyl (C=O) groups excluding carboxylic acids is 1. The molecule has 3 nitrogen and oxygen atoms in total. The number of likely N-dealkylation sites (tertiary alicyclic amines) is 2. The summed E-state index contributed by atoms with van der Waals surface area (Å²) in [7, 11) is 2.16. The van der Waals surface area contributed by atoms with E-state index in [2.05, 4.69) is 11.9 Å². The minimum Gasteiger partial charge on any atom is -0.341 e. The van der Waals surface area contributed by atoms with Gasteiger partial charge in [-0.15, -0.1) is 0 Å². The third kappa shape index (κ3) is 1.85. The highest BCUT2D eigenvalue weighted by Gasteiger charge is 2.27. The van der Waals surface area contributed by atoms with Crippen LogP contribution in [0, 0.1) is 0 Å². The maximum Gasteiger partial charge on any atom is 0.222 e. The summed E-state index contributed by atoms with van der Waals surface area (Å²) < 4.78 is 0. The molecule has 2 saturated heterocycles. The van der Waals surface area contributed by atoms with Crippen LogP contribution >= 0.6 is 0 Å². The monoisotopic (exact) mass is 182 g/mol. The van der Waals surface area contributed by atoms with E-state index in [1.807, 2.05) is 4.90 Å². The van der Waals surface area contributed by atoms with Crippen molar-refractivity contribution in [3.8, 4) is 0 Å². The van der Waals surface area contributed by atoms with Gasteiger partial charge in [-0.1, -0.05) is 0 Å². The standard InChI is InChI=1S/C10H18N2O/c1-11-6-2-4-9(11)8-12-7-3-5-10(12)13/h9H,2-8H2,1H3. The molecule has 0 bridgehead atoms. The van der Waals surface area contributed by atoms with Crippen LogP contribution in [-0.4, -0.2) is 48.4 Å². The van der Waals surface area contributed by atoms with Crippen LogP contribution in [0.3, 0.4) is 0 Å². The second kappa shape index (κ2) is 3.66. The van der Waals surface area contributed by atoms with Gasteiger partial charge in [0.2, 0.25) is 5.91 Å². The summed E-state index contributed by atoms with van der Waals surface area (Å²) in [5.41, 5.74) is 0. The first-order valence-electron chi connectivity index (χ1n) is 5.25. The Kier molecular flexibility index (Phi) is 2.54. The number of hydrogen-bond donors (Lipinski definition) is 0. The Bertz CT molecular complexity index is 205. The zero-order valence-corrected chi connectivity index (χ0v) is 8.33. The molecule has 1 amide bonds. The fraction of sp³-hybridized carbons (Fsp3) is 0.900. The second-order valence-electron chi connectivity index (χ2n) is 4.22. The van der Waals surface area contributed by atoms with E-state index in [1.165, 1.54) is 19.4 Å². The normalized spacial score (nSPS) is 30.4. The predicted molar refractivity (Wildman–Crippen MR) is 51.5 cm³/mol. The Balaban J connectivity index is 1.86. The van der Waals surface area contributed by atoms with Crippen molar-refractivity contribution in [3.05, 3.63) is 0 Å². The van der Waals surface area contributed by atoms with E-state index in [0.29, 0.717) is 11.9 Å². The van der Waals surface area contributed by atoms with Crippen molar-refractivity contribution in [3.63, 3.8) is 0 Å². The van der Waals surface area contributed by atoms with Gasteiger partial charge in [-0.05, 0) is 32.9 Å². The number of likely N-dealkylation sites (N-methyl/N-ethyl adjacent to an activating group) is 1. The highest BCUT2D eigenvalue weighted by molar-refractivity contribution is 5.78. The summed E-state index contributed by atoms with van der Waals surface area (Å²) in [5.74, 6) is 0.361. The van der Waals surface area contributed by atoms with Crippen molar-refractivity contribution in [2.45, 2.75) is 31.7 Å². The summed E-state index contributed by atoms with van der Waals surface area (Å²) in [6.45, 7) is 3.16. The molecular formula is C10H18N2O. The van der Waals surface area contributed by atoms with Gasteiger partial charge >= 0.3 is 0 Å². The van der Waals surface area contributed by atoms with E-state index in [0.717, 1.165) is 25.9 Å². The molecule has 1 unspecified atom stereocenters. The molecule has 0 aromatic carbocycles. The van der Waals surface area contributed by atoms with Crippen LogP contribution in [0.15, 0.2) is 0 Å². The van der Waals surface area contributed by atoms with Crippen LogP contribution in [0.2, 0.25) is 0 Å². The molecular weight excluding hydrogens is 164 g/mol. The summed E-state index contributed by atoms with van der Waals surface area (Å²) in [6.07, 6.45) is 4.40. The molecule has 74 valence electrons. The highest BCUT2D eigenvalue weighted by Crippen LogP contribution is 2.18. The molecule has 3 heteroatoms. The molecule has 0 aromatic heterocycles. The van der Waals surface area contributed by atoms with E-state index >= 15 is 0 Å². The topological polar surface area (TPSA) is 23.6 Å². The molecule has 0 spiro atoms. The lowest BCUT2D eigenvalue weighted by atomic mass is 10.2. The van der Waals surface area contributed by atoms with Crippen molar-refractivity contribution in [2.75, 3.05) is 26.7 Å². The molecule has 1 atom stereocenters. The Hall–Kier alpha value is -0.570. The van der Waals surface area contributed by atoms with Crippen LogP contribution in [-0.2, 0) is 4.79 Å². The van der Waals surface area contributed by atoms with Gasteiger partial charge < -0.3 is 9.80 Å².